The first-order valence-electron chi connectivity index (χ1n) is 7.16. The summed E-state index contributed by atoms with van der Waals surface area (Å²) in [6.45, 7) is 1.94. The van der Waals surface area contributed by atoms with Crippen LogP contribution in [0.25, 0.3) is 0 Å². The lowest BCUT2D eigenvalue weighted by molar-refractivity contribution is -0.139. The lowest BCUT2D eigenvalue weighted by Crippen LogP contribution is -2.36. The third kappa shape index (κ3) is 3.03. The molecule has 0 N–H and O–H groups in total. The van der Waals surface area contributed by atoms with Crippen molar-refractivity contribution in [2.24, 2.45) is 4.99 Å². The van der Waals surface area contributed by atoms with Crippen molar-refractivity contribution in [2.75, 3.05) is 25.1 Å². The molecule has 23 heavy (non-hydrogen) atoms. The van der Waals surface area contributed by atoms with Crippen molar-refractivity contribution in [1.29, 1.82) is 0 Å². The number of aryl methyl sites for hydroxylation is 1. The first kappa shape index (κ1) is 15.4. The van der Waals surface area contributed by atoms with Gasteiger partial charge in [0.1, 0.15) is 18.1 Å². The van der Waals surface area contributed by atoms with E-state index >= 15 is 0 Å². The number of benzene rings is 1. The van der Waals surface area contributed by atoms with Gasteiger partial charge in [-0.15, -0.1) is 11.3 Å². The summed E-state index contributed by atoms with van der Waals surface area (Å²) in [5.41, 5.74) is 3.75. The lowest BCUT2D eigenvalue weighted by Gasteiger charge is -2.18. The molecule has 0 radical (unpaired) electrons. The molecule has 2 aromatic rings. The highest BCUT2D eigenvalue weighted by Crippen LogP contribution is 2.32. The summed E-state index contributed by atoms with van der Waals surface area (Å²) in [5, 5.41) is 2.64. The molecule has 1 aromatic carbocycles. The summed E-state index contributed by atoms with van der Waals surface area (Å²) >= 11 is 1.42. The van der Waals surface area contributed by atoms with Gasteiger partial charge in [-0.1, -0.05) is 23.8 Å². The Morgan fingerprint density at radius 2 is 2.22 bits per heavy atom. The second-order valence-electron chi connectivity index (χ2n) is 5.23. The minimum absolute atomic E-state index is 0.0155. The molecule has 0 unspecified atom stereocenters. The normalized spacial score (nSPS) is 14.1. The molecule has 0 saturated heterocycles. The summed E-state index contributed by atoms with van der Waals surface area (Å²) in [4.78, 5) is 30.0. The van der Waals surface area contributed by atoms with Gasteiger partial charge in [0.05, 0.1) is 12.8 Å². The number of carbonyl (C=O) groups is 2. The molecule has 0 bridgehead atoms. The van der Waals surface area contributed by atoms with Gasteiger partial charge in [0, 0.05) is 11.1 Å². The highest BCUT2D eigenvalue weighted by atomic mass is 32.1. The number of carbonyl (C=O) groups excluding carboxylic acids is 2. The second kappa shape index (κ2) is 6.34. The molecule has 1 aliphatic rings. The number of esters is 1. The molecule has 2 heterocycles. The van der Waals surface area contributed by atoms with Gasteiger partial charge in [0.25, 0.3) is 0 Å². The minimum atomic E-state index is -0.447. The summed E-state index contributed by atoms with van der Waals surface area (Å²) in [6.07, 6.45) is 0. The minimum Gasteiger partial charge on any atom is -0.468 e. The number of amides is 1. The molecule has 0 aliphatic carbocycles. The average Bonchev–Trinajstić information content (AvgIpc) is 2.97. The number of thiophene rings is 1. The van der Waals surface area contributed by atoms with Crippen molar-refractivity contribution in [2.45, 2.75) is 6.92 Å². The topological polar surface area (TPSA) is 59.0 Å². The van der Waals surface area contributed by atoms with Crippen LogP contribution in [0.1, 0.15) is 16.7 Å². The number of hydrogen-bond donors (Lipinski definition) is 0. The Labute approximate surface area is 138 Å². The summed E-state index contributed by atoms with van der Waals surface area (Å²) < 4.78 is 4.70. The number of rotatable bonds is 3. The van der Waals surface area contributed by atoms with E-state index in [0.29, 0.717) is 0 Å². The number of nitrogens with zero attached hydrogens (tertiary/aromatic N) is 2. The maximum Gasteiger partial charge on any atom is 0.325 e. The van der Waals surface area contributed by atoms with Crippen LogP contribution >= 0.6 is 11.3 Å². The van der Waals surface area contributed by atoms with Crippen molar-refractivity contribution >= 4 is 33.9 Å². The fourth-order valence-electron chi connectivity index (χ4n) is 2.51. The Balaban J connectivity index is 2.05. The third-order valence-corrected chi connectivity index (χ3v) is 4.56. The number of hydrogen-bond acceptors (Lipinski definition) is 5. The van der Waals surface area contributed by atoms with Crippen LogP contribution in [-0.2, 0) is 14.3 Å². The molecule has 0 fully saturated rings. The second-order valence-corrected chi connectivity index (χ2v) is 6.12. The Morgan fingerprint density at radius 3 is 2.96 bits per heavy atom. The van der Waals surface area contributed by atoms with Gasteiger partial charge in [0.2, 0.25) is 5.91 Å². The van der Waals surface area contributed by atoms with E-state index in [0.717, 1.165) is 27.4 Å². The molecular weight excluding hydrogens is 312 g/mol. The number of anilines is 1. The van der Waals surface area contributed by atoms with E-state index in [1.165, 1.54) is 23.3 Å². The largest absolute Gasteiger partial charge is 0.468 e. The standard InChI is InChI=1S/C17H16N2O3S/c1-11-4-3-5-12(8-11)16-13-6-7-23-17(13)19(10-15(21)22-2)14(20)9-18-16/h3-8H,9-10H2,1-2H3. The number of ether oxygens (including phenoxy) is 1. The molecule has 5 nitrogen and oxygen atoms in total. The van der Waals surface area contributed by atoms with Crippen LogP contribution in [0.3, 0.4) is 0 Å². The van der Waals surface area contributed by atoms with Gasteiger partial charge >= 0.3 is 5.97 Å². The van der Waals surface area contributed by atoms with E-state index in [9.17, 15) is 9.59 Å². The molecule has 3 rings (SSSR count). The first-order valence-corrected chi connectivity index (χ1v) is 8.04. The predicted molar refractivity (Wildman–Crippen MR) is 90.4 cm³/mol. The smallest absolute Gasteiger partial charge is 0.325 e. The zero-order valence-electron chi connectivity index (χ0n) is 12.9. The van der Waals surface area contributed by atoms with Gasteiger partial charge in [0.15, 0.2) is 0 Å². The van der Waals surface area contributed by atoms with E-state index in [4.69, 9.17) is 4.74 Å². The maximum absolute atomic E-state index is 12.4. The molecule has 1 amide bonds. The van der Waals surface area contributed by atoms with E-state index in [2.05, 4.69) is 4.99 Å². The fourth-order valence-corrected chi connectivity index (χ4v) is 3.43. The van der Waals surface area contributed by atoms with Gasteiger partial charge in [-0.2, -0.15) is 0 Å². The van der Waals surface area contributed by atoms with Crippen molar-refractivity contribution in [3.05, 3.63) is 52.4 Å². The molecule has 6 heteroatoms. The van der Waals surface area contributed by atoms with E-state index in [1.807, 2.05) is 42.6 Å². The van der Waals surface area contributed by atoms with E-state index in [-0.39, 0.29) is 19.0 Å². The maximum atomic E-state index is 12.4. The Bertz CT molecular complexity index is 795. The van der Waals surface area contributed by atoms with Gasteiger partial charge in [-0.25, -0.2) is 0 Å². The van der Waals surface area contributed by atoms with Crippen LogP contribution in [0.5, 0.6) is 0 Å². The highest BCUT2D eigenvalue weighted by Gasteiger charge is 2.28. The SMILES string of the molecule is COC(=O)CN1C(=O)CN=C(c2cccc(C)c2)c2ccsc21. The third-order valence-electron chi connectivity index (χ3n) is 3.62. The molecule has 1 aliphatic heterocycles. The van der Waals surface area contributed by atoms with Crippen LogP contribution in [-0.4, -0.2) is 37.8 Å². The average molecular weight is 328 g/mol. The Kier molecular flexibility index (Phi) is 4.25. The van der Waals surface area contributed by atoms with Crippen LogP contribution < -0.4 is 4.90 Å². The monoisotopic (exact) mass is 328 g/mol. The highest BCUT2D eigenvalue weighted by molar-refractivity contribution is 7.15. The molecule has 1 aromatic heterocycles. The van der Waals surface area contributed by atoms with Crippen molar-refractivity contribution in [3.63, 3.8) is 0 Å². The lowest BCUT2D eigenvalue weighted by atomic mass is 10.0. The predicted octanol–water partition coefficient (Wildman–Crippen LogP) is 2.41. The summed E-state index contributed by atoms with van der Waals surface area (Å²) in [5.74, 6) is -0.654. The number of aliphatic imine (C=N–C) groups is 1. The molecular formula is C17H16N2O3S. The van der Waals surface area contributed by atoms with E-state index in [1.54, 1.807) is 0 Å². The summed E-state index contributed by atoms with van der Waals surface area (Å²) in [6, 6.07) is 9.95. The first-order chi connectivity index (χ1) is 11.1. The van der Waals surface area contributed by atoms with Gasteiger partial charge in [-0.3, -0.25) is 19.5 Å². The van der Waals surface area contributed by atoms with Crippen LogP contribution in [0.2, 0.25) is 0 Å². The molecule has 0 spiro atoms. The molecule has 0 saturated carbocycles. The van der Waals surface area contributed by atoms with Crippen molar-refractivity contribution in [3.8, 4) is 0 Å². The van der Waals surface area contributed by atoms with E-state index < -0.39 is 5.97 Å². The Hall–Kier alpha value is -2.47. The number of fused-ring (bicyclic) bond motifs is 1. The van der Waals surface area contributed by atoms with Gasteiger partial charge in [-0.05, 0) is 24.4 Å². The van der Waals surface area contributed by atoms with Crippen molar-refractivity contribution in [1.82, 2.24) is 0 Å². The molecule has 118 valence electrons. The number of methoxy groups -OCH3 is 1. The Morgan fingerprint density at radius 1 is 1.39 bits per heavy atom. The van der Waals surface area contributed by atoms with Crippen LogP contribution in [0, 0.1) is 6.92 Å². The fraction of sp³-hybridized carbons (Fsp3) is 0.235. The van der Waals surface area contributed by atoms with Crippen LogP contribution in [0.15, 0.2) is 40.7 Å². The summed E-state index contributed by atoms with van der Waals surface area (Å²) in [7, 11) is 1.31. The van der Waals surface area contributed by atoms with Gasteiger partial charge < -0.3 is 4.74 Å². The van der Waals surface area contributed by atoms with Crippen molar-refractivity contribution < 1.29 is 14.3 Å². The van der Waals surface area contributed by atoms with Crippen LogP contribution in [0.4, 0.5) is 5.00 Å². The molecule has 0 atom stereocenters. The zero-order valence-corrected chi connectivity index (χ0v) is 13.7. The zero-order chi connectivity index (χ0) is 16.4. The quantitative estimate of drug-likeness (QED) is 0.813.